The quantitative estimate of drug-likeness (QED) is 0.319. The summed E-state index contributed by atoms with van der Waals surface area (Å²) in [6.45, 7) is 2.24. The van der Waals surface area contributed by atoms with E-state index in [2.05, 4.69) is 5.32 Å². The Labute approximate surface area is 240 Å². The number of hydrogen-bond acceptors (Lipinski definition) is 5. The Kier molecular flexibility index (Phi) is 9.60. The van der Waals surface area contributed by atoms with E-state index in [9.17, 15) is 22.8 Å². The number of nitrogens with zero attached hydrogens (tertiary/aromatic N) is 2. The summed E-state index contributed by atoms with van der Waals surface area (Å²) < 4.78 is 26.8. The van der Waals surface area contributed by atoms with E-state index < -0.39 is 27.9 Å². The molecule has 1 aliphatic heterocycles. The van der Waals surface area contributed by atoms with Crippen molar-refractivity contribution >= 4 is 39.3 Å². The highest BCUT2D eigenvalue weighted by molar-refractivity contribution is 7.90. The molecule has 3 aromatic rings. The number of carbonyl (C=O) groups excluding carboxylic acids is 3. The number of hydrogen-bond donors (Lipinski definition) is 1. The van der Waals surface area contributed by atoms with Crippen molar-refractivity contribution in [2.75, 3.05) is 13.1 Å². The molecule has 0 spiro atoms. The van der Waals surface area contributed by atoms with Crippen molar-refractivity contribution in [3.63, 3.8) is 0 Å². The molecule has 1 heterocycles. The van der Waals surface area contributed by atoms with Crippen LogP contribution in [0.3, 0.4) is 0 Å². The summed E-state index contributed by atoms with van der Waals surface area (Å²) in [6, 6.07) is 21.5. The van der Waals surface area contributed by atoms with Crippen LogP contribution in [0.25, 0.3) is 0 Å². The highest BCUT2D eigenvalue weighted by atomic mass is 35.5. The van der Waals surface area contributed by atoms with Crippen LogP contribution in [-0.4, -0.2) is 54.5 Å². The van der Waals surface area contributed by atoms with E-state index in [1.54, 1.807) is 30.3 Å². The topological polar surface area (TPSA) is 104 Å². The molecule has 0 saturated carbocycles. The van der Waals surface area contributed by atoms with E-state index >= 15 is 0 Å². The third-order valence-corrected chi connectivity index (χ3v) is 8.86. The fourth-order valence-corrected chi connectivity index (χ4v) is 6.47. The van der Waals surface area contributed by atoms with Crippen LogP contribution in [0, 0.1) is 0 Å². The Morgan fingerprint density at radius 3 is 2.38 bits per heavy atom. The van der Waals surface area contributed by atoms with Crippen molar-refractivity contribution in [2.45, 2.75) is 50.1 Å². The van der Waals surface area contributed by atoms with Crippen molar-refractivity contribution < 1.29 is 22.8 Å². The molecule has 40 heavy (non-hydrogen) atoms. The molecule has 4 rings (SSSR count). The zero-order chi connectivity index (χ0) is 28.7. The summed E-state index contributed by atoms with van der Waals surface area (Å²) in [5.41, 5.74) is 1.68. The van der Waals surface area contributed by atoms with Gasteiger partial charge in [0.25, 0.3) is 15.9 Å². The highest BCUT2D eigenvalue weighted by Crippen LogP contribution is 2.30. The number of benzene rings is 3. The minimum atomic E-state index is -4.07. The number of amides is 3. The molecule has 1 atom stereocenters. The van der Waals surface area contributed by atoms with Crippen LogP contribution < -0.4 is 5.32 Å². The number of nitrogens with one attached hydrogen (secondary N) is 1. The van der Waals surface area contributed by atoms with Crippen molar-refractivity contribution in [2.24, 2.45) is 0 Å². The first kappa shape index (κ1) is 29.3. The second-order valence-corrected chi connectivity index (χ2v) is 11.9. The first-order valence-electron chi connectivity index (χ1n) is 13.2. The van der Waals surface area contributed by atoms with Gasteiger partial charge in [0.15, 0.2) is 0 Å². The number of halogens is 1. The van der Waals surface area contributed by atoms with Gasteiger partial charge in [-0.2, -0.15) is 0 Å². The van der Waals surface area contributed by atoms with Gasteiger partial charge in [-0.15, -0.1) is 0 Å². The molecule has 8 nitrogen and oxygen atoms in total. The van der Waals surface area contributed by atoms with Crippen LogP contribution in [0.2, 0.25) is 5.02 Å². The third-order valence-electron chi connectivity index (χ3n) is 6.78. The van der Waals surface area contributed by atoms with Crippen molar-refractivity contribution in [3.05, 3.63) is 101 Å². The predicted octanol–water partition coefficient (Wildman–Crippen LogP) is 4.43. The molecule has 210 valence electrons. The van der Waals surface area contributed by atoms with Gasteiger partial charge in [-0.3, -0.25) is 14.4 Å². The maximum Gasteiger partial charge on any atom is 0.269 e. The Hall–Kier alpha value is -3.69. The largest absolute Gasteiger partial charge is 0.354 e. The first-order chi connectivity index (χ1) is 19.2. The molecule has 10 heteroatoms. The lowest BCUT2D eigenvalue weighted by molar-refractivity contribution is -0.141. The van der Waals surface area contributed by atoms with E-state index in [-0.39, 0.29) is 42.3 Å². The molecule has 0 radical (unpaired) electrons. The molecule has 0 bridgehead atoms. The molecule has 0 unspecified atom stereocenters. The summed E-state index contributed by atoms with van der Waals surface area (Å²) >= 11 is 6.21. The molecule has 0 aromatic heterocycles. The predicted molar refractivity (Wildman–Crippen MR) is 153 cm³/mol. The average Bonchev–Trinajstić information content (AvgIpc) is 3.14. The monoisotopic (exact) mass is 581 g/mol. The Morgan fingerprint density at radius 2 is 1.68 bits per heavy atom. The maximum atomic E-state index is 13.8. The van der Waals surface area contributed by atoms with Crippen LogP contribution in [-0.2, 0) is 32.6 Å². The highest BCUT2D eigenvalue weighted by Gasteiger charge is 2.41. The Morgan fingerprint density at radius 1 is 0.975 bits per heavy atom. The van der Waals surface area contributed by atoms with Crippen molar-refractivity contribution in [1.82, 2.24) is 14.5 Å². The molecular weight excluding hydrogens is 550 g/mol. The Bertz CT molecular complexity index is 1480. The summed E-state index contributed by atoms with van der Waals surface area (Å²) in [4.78, 5) is 41.6. The molecule has 0 fully saturated rings. The van der Waals surface area contributed by atoms with Crippen LogP contribution in [0.15, 0.2) is 83.8 Å². The van der Waals surface area contributed by atoms with Crippen LogP contribution in [0.5, 0.6) is 0 Å². The van der Waals surface area contributed by atoms with E-state index in [0.717, 1.165) is 28.3 Å². The molecule has 1 aliphatic rings. The van der Waals surface area contributed by atoms with Gasteiger partial charge in [-0.1, -0.05) is 79.5 Å². The van der Waals surface area contributed by atoms with Gasteiger partial charge in [-0.25, -0.2) is 12.7 Å². The second-order valence-electron chi connectivity index (χ2n) is 9.63. The van der Waals surface area contributed by atoms with Crippen LogP contribution in [0.4, 0.5) is 0 Å². The minimum Gasteiger partial charge on any atom is -0.354 e. The lowest BCUT2D eigenvalue weighted by Crippen LogP contribution is -2.51. The van der Waals surface area contributed by atoms with Gasteiger partial charge >= 0.3 is 0 Å². The van der Waals surface area contributed by atoms with E-state index in [0.29, 0.717) is 11.6 Å². The fraction of sp³-hybridized carbons (Fsp3) is 0.300. The number of fused-ring (bicyclic) bond motifs is 1. The lowest BCUT2D eigenvalue weighted by Gasteiger charge is -2.32. The average molecular weight is 582 g/mol. The number of sulfonamides is 1. The first-order valence-corrected chi connectivity index (χ1v) is 15.1. The van der Waals surface area contributed by atoms with E-state index in [4.69, 9.17) is 11.6 Å². The zero-order valence-electron chi connectivity index (χ0n) is 22.3. The summed E-state index contributed by atoms with van der Waals surface area (Å²) in [7, 11) is -4.07. The zero-order valence-corrected chi connectivity index (χ0v) is 23.8. The lowest BCUT2D eigenvalue weighted by atomic mass is 10.0. The minimum absolute atomic E-state index is 0.0690. The molecule has 3 aromatic carbocycles. The van der Waals surface area contributed by atoms with Crippen molar-refractivity contribution in [3.8, 4) is 0 Å². The molecular formula is C30H32ClN3O5S. The van der Waals surface area contributed by atoms with Gasteiger partial charge < -0.3 is 10.2 Å². The van der Waals surface area contributed by atoms with Crippen molar-refractivity contribution in [1.29, 1.82) is 0 Å². The second kappa shape index (κ2) is 13.1. The van der Waals surface area contributed by atoms with E-state index in [1.165, 1.54) is 17.0 Å². The molecule has 1 N–H and O–H groups in total. The van der Waals surface area contributed by atoms with Crippen LogP contribution in [0.1, 0.15) is 47.7 Å². The smallest absolute Gasteiger partial charge is 0.269 e. The number of rotatable bonds is 12. The van der Waals surface area contributed by atoms with Gasteiger partial charge in [0.05, 0.1) is 5.56 Å². The summed E-state index contributed by atoms with van der Waals surface area (Å²) in [5, 5.41) is 3.44. The molecule has 0 aliphatic carbocycles. The van der Waals surface area contributed by atoms with Gasteiger partial charge in [0.1, 0.15) is 10.9 Å². The van der Waals surface area contributed by atoms with Gasteiger partial charge in [0, 0.05) is 37.5 Å². The van der Waals surface area contributed by atoms with Gasteiger partial charge in [0.2, 0.25) is 11.8 Å². The maximum absolute atomic E-state index is 13.8. The normalized spacial score (nSPS) is 14.4. The summed E-state index contributed by atoms with van der Waals surface area (Å²) in [5.74, 6) is -1.42. The Balaban J connectivity index is 1.62. The molecule has 0 saturated heterocycles. The standard InChI is InChI=1S/C30H32ClN3O5S/c1-2-3-17-32-29(36)26(20-22-10-5-4-6-11-22)33(21-23-12-9-13-24(31)19-23)28(35)16-18-34-30(37)25-14-7-8-15-27(25)40(34,38)39/h4-15,19,26H,2-3,16-18,20-21H2,1H3,(H,32,36)/t26-/m0/s1. The summed E-state index contributed by atoms with van der Waals surface area (Å²) in [6.07, 6.45) is 1.67. The number of unbranched alkanes of at least 4 members (excludes halogenated alkanes) is 1. The van der Waals surface area contributed by atoms with E-state index in [1.807, 2.05) is 43.3 Å². The SMILES string of the molecule is CCCCNC(=O)[C@H](Cc1ccccc1)N(Cc1cccc(Cl)c1)C(=O)CCN1C(=O)c2ccccc2S1(=O)=O. The fourth-order valence-electron chi connectivity index (χ4n) is 4.69. The van der Waals surface area contributed by atoms with Crippen LogP contribution >= 0.6 is 11.6 Å². The van der Waals surface area contributed by atoms with Gasteiger partial charge in [-0.05, 0) is 41.8 Å². The third kappa shape index (κ3) is 6.71. The molecule has 3 amide bonds. The number of carbonyl (C=O) groups is 3.